The van der Waals surface area contributed by atoms with Crippen LogP contribution in [-0.2, 0) is 12.6 Å². The molecule has 1 rings (SSSR count). The van der Waals surface area contributed by atoms with Gasteiger partial charge in [-0.05, 0) is 6.54 Å². The number of hydrogen-bond acceptors (Lipinski definition) is 4. The molecule has 0 aromatic carbocycles. The Balaban J connectivity index is 3.11. The van der Waals surface area contributed by atoms with Gasteiger partial charge in [0.25, 0.3) is 0 Å². The topological polar surface area (TPSA) is 61.0 Å². The van der Waals surface area contributed by atoms with Crippen molar-refractivity contribution in [3.63, 3.8) is 0 Å². The van der Waals surface area contributed by atoms with Crippen molar-refractivity contribution in [1.82, 2.24) is 9.97 Å². The molecule has 0 aliphatic carbocycles. The van der Waals surface area contributed by atoms with Crippen LogP contribution in [-0.4, -0.2) is 23.6 Å². The molecule has 2 N–H and O–H groups in total. The molecule has 0 bridgehead atoms. The smallest absolute Gasteiger partial charge is 0.451 e. The van der Waals surface area contributed by atoms with E-state index >= 15 is 0 Å². The minimum Gasteiger partial charge on any atom is -0.481 e. The molecule has 0 fully saturated rings. The first-order chi connectivity index (χ1) is 6.97. The van der Waals surface area contributed by atoms with E-state index in [9.17, 15) is 13.2 Å². The molecule has 1 heterocycles. The van der Waals surface area contributed by atoms with Gasteiger partial charge in [-0.1, -0.05) is 0 Å². The van der Waals surface area contributed by atoms with Gasteiger partial charge in [0, 0.05) is 18.2 Å². The third-order valence-electron chi connectivity index (χ3n) is 1.62. The van der Waals surface area contributed by atoms with Gasteiger partial charge in [-0.2, -0.15) is 18.2 Å². The highest BCUT2D eigenvalue weighted by molar-refractivity contribution is 5.17. The normalized spacial score (nSPS) is 11.5. The summed E-state index contributed by atoms with van der Waals surface area (Å²) in [7, 11) is 1.24. The molecule has 4 nitrogen and oxygen atoms in total. The first-order valence-corrected chi connectivity index (χ1v) is 4.16. The van der Waals surface area contributed by atoms with Gasteiger partial charge in [0.2, 0.25) is 11.7 Å². The fraction of sp³-hybridized carbons (Fsp3) is 0.500. The van der Waals surface area contributed by atoms with Crippen molar-refractivity contribution >= 4 is 0 Å². The maximum atomic E-state index is 12.3. The first kappa shape index (κ1) is 11.7. The Morgan fingerprint density at radius 1 is 1.40 bits per heavy atom. The van der Waals surface area contributed by atoms with Crippen LogP contribution < -0.4 is 10.5 Å². The standard InChI is InChI=1S/C8H10F3N3O/c1-15-6-4-5(2-3-12)13-7(14-6)8(9,10)11/h4H,2-3,12H2,1H3. The SMILES string of the molecule is COc1cc(CCN)nc(C(F)(F)F)n1. The maximum absolute atomic E-state index is 12.3. The molecular formula is C8H10F3N3O. The Kier molecular flexibility index (Phi) is 3.46. The molecule has 84 valence electrons. The molecule has 0 saturated carbocycles. The van der Waals surface area contributed by atoms with E-state index in [-0.39, 0.29) is 24.5 Å². The van der Waals surface area contributed by atoms with Crippen molar-refractivity contribution in [2.24, 2.45) is 5.73 Å². The Morgan fingerprint density at radius 2 is 2.07 bits per heavy atom. The molecule has 0 spiro atoms. The van der Waals surface area contributed by atoms with Crippen LogP contribution in [0, 0.1) is 0 Å². The zero-order valence-electron chi connectivity index (χ0n) is 8.01. The molecule has 0 aliphatic heterocycles. The molecular weight excluding hydrogens is 211 g/mol. The highest BCUT2D eigenvalue weighted by Gasteiger charge is 2.35. The Bertz CT molecular complexity index is 340. The second-order valence-electron chi connectivity index (χ2n) is 2.76. The zero-order chi connectivity index (χ0) is 11.5. The largest absolute Gasteiger partial charge is 0.481 e. The molecule has 0 radical (unpaired) electrons. The summed E-state index contributed by atoms with van der Waals surface area (Å²) in [5.41, 5.74) is 5.45. The number of aromatic nitrogens is 2. The van der Waals surface area contributed by atoms with Crippen LogP contribution >= 0.6 is 0 Å². The van der Waals surface area contributed by atoms with E-state index in [1.54, 1.807) is 0 Å². The number of halogens is 3. The predicted octanol–water partition coefficient (Wildman–Crippen LogP) is 1.01. The molecule has 0 atom stereocenters. The lowest BCUT2D eigenvalue weighted by molar-refractivity contribution is -0.145. The van der Waals surface area contributed by atoms with Crippen molar-refractivity contribution in [1.29, 1.82) is 0 Å². The van der Waals surface area contributed by atoms with E-state index in [1.807, 2.05) is 0 Å². The van der Waals surface area contributed by atoms with E-state index in [4.69, 9.17) is 5.73 Å². The molecule has 7 heteroatoms. The van der Waals surface area contributed by atoms with Crippen LogP contribution in [0.25, 0.3) is 0 Å². The van der Waals surface area contributed by atoms with Crippen molar-refractivity contribution in [3.05, 3.63) is 17.6 Å². The summed E-state index contributed by atoms with van der Waals surface area (Å²) in [6.07, 6.45) is -4.32. The quantitative estimate of drug-likeness (QED) is 0.827. The second kappa shape index (κ2) is 4.43. The van der Waals surface area contributed by atoms with E-state index < -0.39 is 12.0 Å². The van der Waals surface area contributed by atoms with Gasteiger partial charge in [-0.15, -0.1) is 0 Å². The summed E-state index contributed by atoms with van der Waals surface area (Å²) in [6.45, 7) is 0.220. The number of alkyl halides is 3. The number of hydrogen-bond donors (Lipinski definition) is 1. The Labute approximate surface area is 84.3 Å². The number of nitrogens with two attached hydrogens (primary N) is 1. The lowest BCUT2D eigenvalue weighted by Crippen LogP contribution is -2.14. The van der Waals surface area contributed by atoms with E-state index in [1.165, 1.54) is 13.2 Å². The number of methoxy groups -OCH3 is 1. The molecule has 1 aromatic heterocycles. The zero-order valence-corrected chi connectivity index (χ0v) is 8.01. The fourth-order valence-corrected chi connectivity index (χ4v) is 0.980. The van der Waals surface area contributed by atoms with Gasteiger partial charge < -0.3 is 10.5 Å². The van der Waals surface area contributed by atoms with E-state index in [2.05, 4.69) is 14.7 Å². The average Bonchev–Trinajstić information content (AvgIpc) is 2.16. The lowest BCUT2D eigenvalue weighted by Gasteiger charge is -2.08. The highest BCUT2D eigenvalue weighted by Crippen LogP contribution is 2.27. The molecule has 0 unspecified atom stereocenters. The molecule has 15 heavy (non-hydrogen) atoms. The molecule has 0 saturated heterocycles. The van der Waals surface area contributed by atoms with Crippen LogP contribution in [0.5, 0.6) is 5.88 Å². The van der Waals surface area contributed by atoms with Crippen LogP contribution in [0.4, 0.5) is 13.2 Å². The first-order valence-electron chi connectivity index (χ1n) is 4.16. The maximum Gasteiger partial charge on any atom is 0.451 e. The summed E-state index contributed by atoms with van der Waals surface area (Å²) in [4.78, 5) is 6.55. The molecule has 1 aromatic rings. The third-order valence-corrected chi connectivity index (χ3v) is 1.62. The van der Waals surface area contributed by atoms with Crippen molar-refractivity contribution in [2.75, 3.05) is 13.7 Å². The summed E-state index contributed by atoms with van der Waals surface area (Å²) in [5, 5.41) is 0. The van der Waals surface area contributed by atoms with Gasteiger partial charge in [0.1, 0.15) is 0 Å². The van der Waals surface area contributed by atoms with Gasteiger partial charge in [0.15, 0.2) is 0 Å². The summed E-state index contributed by atoms with van der Waals surface area (Å²) in [6, 6.07) is 1.34. The Morgan fingerprint density at radius 3 is 2.53 bits per heavy atom. The van der Waals surface area contributed by atoms with E-state index in [0.29, 0.717) is 0 Å². The van der Waals surface area contributed by atoms with E-state index in [0.717, 1.165) is 0 Å². The monoisotopic (exact) mass is 221 g/mol. The van der Waals surface area contributed by atoms with Crippen molar-refractivity contribution in [2.45, 2.75) is 12.6 Å². The number of rotatable bonds is 3. The van der Waals surface area contributed by atoms with Crippen LogP contribution in [0.15, 0.2) is 6.07 Å². The highest BCUT2D eigenvalue weighted by atomic mass is 19.4. The second-order valence-corrected chi connectivity index (χ2v) is 2.76. The lowest BCUT2D eigenvalue weighted by atomic mass is 10.3. The van der Waals surface area contributed by atoms with Gasteiger partial charge >= 0.3 is 6.18 Å². The van der Waals surface area contributed by atoms with Crippen LogP contribution in [0.3, 0.4) is 0 Å². The summed E-state index contributed by atoms with van der Waals surface area (Å²) >= 11 is 0. The summed E-state index contributed by atoms with van der Waals surface area (Å²) in [5.74, 6) is -1.31. The number of nitrogens with zero attached hydrogens (tertiary/aromatic N) is 2. The van der Waals surface area contributed by atoms with Gasteiger partial charge in [-0.25, -0.2) is 4.98 Å². The minimum absolute atomic E-state index is 0.110. The number of ether oxygens (including phenoxy) is 1. The van der Waals surface area contributed by atoms with Crippen LogP contribution in [0.2, 0.25) is 0 Å². The average molecular weight is 221 g/mol. The Hall–Kier alpha value is -1.37. The van der Waals surface area contributed by atoms with Crippen molar-refractivity contribution < 1.29 is 17.9 Å². The third kappa shape index (κ3) is 3.05. The summed E-state index contributed by atoms with van der Waals surface area (Å²) < 4.78 is 41.6. The van der Waals surface area contributed by atoms with Gasteiger partial charge in [-0.3, -0.25) is 0 Å². The predicted molar refractivity (Wildman–Crippen MR) is 46.3 cm³/mol. The van der Waals surface area contributed by atoms with Gasteiger partial charge in [0.05, 0.1) is 7.11 Å². The minimum atomic E-state index is -4.57. The fourth-order valence-electron chi connectivity index (χ4n) is 0.980. The van der Waals surface area contributed by atoms with Crippen molar-refractivity contribution in [3.8, 4) is 5.88 Å². The molecule has 0 amide bonds. The van der Waals surface area contributed by atoms with Crippen LogP contribution in [0.1, 0.15) is 11.5 Å². The molecule has 0 aliphatic rings.